The maximum atomic E-state index is 12.7. The summed E-state index contributed by atoms with van der Waals surface area (Å²) in [6.07, 6.45) is 8.94. The van der Waals surface area contributed by atoms with Crippen molar-refractivity contribution in [2.24, 2.45) is 5.92 Å². The maximum absolute atomic E-state index is 12.7. The normalized spacial score (nSPS) is 22.0. The van der Waals surface area contributed by atoms with Gasteiger partial charge in [0.05, 0.1) is 23.4 Å². The van der Waals surface area contributed by atoms with Crippen LogP contribution in [0.1, 0.15) is 42.6 Å². The highest BCUT2D eigenvalue weighted by molar-refractivity contribution is 5.96. The fourth-order valence-corrected chi connectivity index (χ4v) is 3.73. The molecule has 1 atom stereocenters. The van der Waals surface area contributed by atoms with Crippen LogP contribution in [0.3, 0.4) is 0 Å². The Balaban J connectivity index is 1.62. The highest BCUT2D eigenvalue weighted by Gasteiger charge is 2.39. The lowest BCUT2D eigenvalue weighted by atomic mass is 9.87. The van der Waals surface area contributed by atoms with Crippen molar-refractivity contribution < 1.29 is 4.79 Å². The van der Waals surface area contributed by atoms with E-state index in [0.29, 0.717) is 28.6 Å². The lowest BCUT2D eigenvalue weighted by Gasteiger charge is -2.44. The molecule has 2 aromatic rings. The van der Waals surface area contributed by atoms with Gasteiger partial charge in [-0.15, -0.1) is 0 Å². The van der Waals surface area contributed by atoms with Gasteiger partial charge in [-0.2, -0.15) is 0 Å². The van der Waals surface area contributed by atoms with E-state index in [0.717, 1.165) is 13.0 Å². The Bertz CT molecular complexity index is 779. The number of hydrogen-bond acceptors (Lipinski definition) is 4. The second-order valence-corrected chi connectivity index (χ2v) is 6.22. The maximum Gasteiger partial charge on any atom is 0.272 e. The van der Waals surface area contributed by atoms with Gasteiger partial charge in [-0.3, -0.25) is 9.59 Å². The lowest BCUT2D eigenvalue weighted by Crippen LogP contribution is -2.54. The van der Waals surface area contributed by atoms with Crippen molar-refractivity contribution in [3.63, 3.8) is 0 Å². The Morgan fingerprint density at radius 1 is 1.23 bits per heavy atom. The fraction of sp³-hybridized carbons (Fsp3) is 0.500. The van der Waals surface area contributed by atoms with Crippen molar-refractivity contribution in [3.8, 4) is 0 Å². The van der Waals surface area contributed by atoms with Gasteiger partial charge in [0.25, 0.3) is 11.5 Å². The van der Waals surface area contributed by atoms with Crippen molar-refractivity contribution in [1.82, 2.24) is 19.9 Å². The van der Waals surface area contributed by atoms with E-state index in [2.05, 4.69) is 15.0 Å². The zero-order valence-electron chi connectivity index (χ0n) is 12.3. The first kappa shape index (κ1) is 13.4. The number of nitrogens with one attached hydrogen (secondary N) is 1. The van der Waals surface area contributed by atoms with Gasteiger partial charge in [-0.25, -0.2) is 9.97 Å². The number of fused-ring (bicyclic) bond motifs is 1. The molecule has 0 spiro atoms. The van der Waals surface area contributed by atoms with Crippen LogP contribution in [0, 0.1) is 5.92 Å². The molecule has 22 heavy (non-hydrogen) atoms. The summed E-state index contributed by atoms with van der Waals surface area (Å²) in [5, 5.41) is 0.416. The Morgan fingerprint density at radius 3 is 2.77 bits per heavy atom. The van der Waals surface area contributed by atoms with Crippen LogP contribution in [-0.4, -0.2) is 38.3 Å². The first-order chi connectivity index (χ1) is 10.7. The smallest absolute Gasteiger partial charge is 0.272 e. The van der Waals surface area contributed by atoms with E-state index in [9.17, 15) is 9.59 Å². The van der Waals surface area contributed by atoms with Gasteiger partial charge in [0.15, 0.2) is 0 Å². The number of likely N-dealkylation sites (tertiary alicyclic amines) is 1. The van der Waals surface area contributed by atoms with Gasteiger partial charge in [-0.1, -0.05) is 12.8 Å². The standard InChI is InChI=1S/C16H18N4O2/c21-15-11-7-12(17-8-13(11)18-9-19-15)16(22)20-6-5-14(20)10-3-1-2-4-10/h7-10,14H,1-6H2,(H,18,19,21). The van der Waals surface area contributed by atoms with Crippen LogP contribution < -0.4 is 5.56 Å². The zero-order valence-corrected chi connectivity index (χ0v) is 12.3. The molecule has 1 saturated carbocycles. The van der Waals surface area contributed by atoms with E-state index in [1.54, 1.807) is 6.07 Å². The summed E-state index contributed by atoms with van der Waals surface area (Å²) < 4.78 is 0. The van der Waals surface area contributed by atoms with Gasteiger partial charge < -0.3 is 9.88 Å². The first-order valence-corrected chi connectivity index (χ1v) is 7.88. The second-order valence-electron chi connectivity index (χ2n) is 6.22. The quantitative estimate of drug-likeness (QED) is 0.915. The van der Waals surface area contributed by atoms with Crippen molar-refractivity contribution in [3.05, 3.63) is 34.6 Å². The molecule has 6 nitrogen and oxygen atoms in total. The molecule has 114 valence electrons. The molecule has 1 aliphatic heterocycles. The minimum Gasteiger partial charge on any atom is -0.334 e. The first-order valence-electron chi connectivity index (χ1n) is 7.88. The molecule has 1 aliphatic carbocycles. The van der Waals surface area contributed by atoms with E-state index < -0.39 is 0 Å². The number of carbonyl (C=O) groups excluding carboxylic acids is 1. The topological polar surface area (TPSA) is 79.0 Å². The van der Waals surface area contributed by atoms with Crippen molar-refractivity contribution >= 4 is 16.8 Å². The van der Waals surface area contributed by atoms with Crippen molar-refractivity contribution in [1.29, 1.82) is 0 Å². The van der Waals surface area contributed by atoms with Gasteiger partial charge in [-0.05, 0) is 31.2 Å². The Morgan fingerprint density at radius 2 is 2.05 bits per heavy atom. The molecule has 1 N–H and O–H groups in total. The number of H-pyrrole nitrogens is 1. The van der Waals surface area contributed by atoms with Crippen LogP contribution in [0.4, 0.5) is 0 Å². The lowest BCUT2D eigenvalue weighted by molar-refractivity contribution is 0.0302. The summed E-state index contributed by atoms with van der Waals surface area (Å²) in [6.45, 7) is 0.795. The number of aromatic amines is 1. The van der Waals surface area contributed by atoms with E-state index in [1.165, 1.54) is 38.2 Å². The van der Waals surface area contributed by atoms with E-state index >= 15 is 0 Å². The number of rotatable bonds is 2. The second kappa shape index (κ2) is 5.19. The molecule has 2 aliphatic rings. The summed E-state index contributed by atoms with van der Waals surface area (Å²) >= 11 is 0. The minimum absolute atomic E-state index is 0.0618. The number of aromatic nitrogens is 3. The monoisotopic (exact) mass is 298 g/mol. The number of amides is 1. The predicted molar refractivity (Wildman–Crippen MR) is 81.6 cm³/mol. The van der Waals surface area contributed by atoms with Crippen LogP contribution in [0.15, 0.2) is 23.4 Å². The molecule has 3 heterocycles. The van der Waals surface area contributed by atoms with Crippen molar-refractivity contribution in [2.45, 2.75) is 38.1 Å². The summed E-state index contributed by atoms with van der Waals surface area (Å²) in [5.41, 5.74) is 0.613. The van der Waals surface area contributed by atoms with Crippen LogP contribution >= 0.6 is 0 Å². The van der Waals surface area contributed by atoms with Gasteiger partial charge in [0, 0.05) is 12.6 Å². The molecule has 6 heteroatoms. The molecule has 1 unspecified atom stereocenters. The number of pyridine rings is 1. The largest absolute Gasteiger partial charge is 0.334 e. The molecular formula is C16H18N4O2. The Labute approximate surface area is 127 Å². The van der Waals surface area contributed by atoms with Gasteiger partial charge >= 0.3 is 0 Å². The third kappa shape index (κ3) is 2.10. The van der Waals surface area contributed by atoms with E-state index in [4.69, 9.17) is 0 Å². The third-order valence-electron chi connectivity index (χ3n) is 5.02. The van der Waals surface area contributed by atoms with Crippen LogP contribution in [-0.2, 0) is 0 Å². The average molecular weight is 298 g/mol. The minimum atomic E-state index is -0.239. The Kier molecular flexibility index (Phi) is 3.17. The van der Waals surface area contributed by atoms with Crippen LogP contribution in [0.2, 0.25) is 0 Å². The molecule has 2 aromatic heterocycles. The molecule has 1 amide bonds. The summed E-state index contributed by atoms with van der Waals surface area (Å²) in [7, 11) is 0. The molecule has 2 fully saturated rings. The molecule has 0 aromatic carbocycles. The fourth-order valence-electron chi connectivity index (χ4n) is 3.73. The molecule has 1 saturated heterocycles. The summed E-state index contributed by atoms with van der Waals surface area (Å²) in [4.78, 5) is 37.2. The van der Waals surface area contributed by atoms with Crippen LogP contribution in [0.5, 0.6) is 0 Å². The predicted octanol–water partition coefficient (Wildman–Crippen LogP) is 1.72. The molecular weight excluding hydrogens is 280 g/mol. The summed E-state index contributed by atoms with van der Waals surface area (Å²) in [6, 6.07) is 1.92. The van der Waals surface area contributed by atoms with Crippen molar-refractivity contribution in [2.75, 3.05) is 6.54 Å². The molecule has 0 bridgehead atoms. The zero-order chi connectivity index (χ0) is 15.1. The molecule has 0 radical (unpaired) electrons. The number of hydrogen-bond donors (Lipinski definition) is 1. The van der Waals surface area contributed by atoms with E-state index in [-0.39, 0.29) is 11.5 Å². The van der Waals surface area contributed by atoms with Crippen LogP contribution in [0.25, 0.3) is 10.9 Å². The summed E-state index contributed by atoms with van der Waals surface area (Å²) in [5.74, 6) is 0.580. The number of carbonyl (C=O) groups is 1. The highest BCUT2D eigenvalue weighted by Crippen LogP contribution is 2.36. The highest BCUT2D eigenvalue weighted by atomic mass is 16.2. The molecule has 4 rings (SSSR count). The van der Waals surface area contributed by atoms with Gasteiger partial charge in [0.1, 0.15) is 5.69 Å². The third-order valence-corrected chi connectivity index (χ3v) is 5.02. The van der Waals surface area contributed by atoms with Gasteiger partial charge in [0.2, 0.25) is 0 Å². The average Bonchev–Trinajstić information content (AvgIpc) is 3.00. The SMILES string of the molecule is O=C(c1cc2c(=O)[nH]cnc2cn1)N1CCC1C1CCCC1. The number of nitrogens with zero attached hydrogens (tertiary/aromatic N) is 3. The van der Waals surface area contributed by atoms with E-state index in [1.807, 2.05) is 4.90 Å². The Hall–Kier alpha value is -2.24.